The van der Waals surface area contributed by atoms with Gasteiger partial charge in [0.25, 0.3) is 5.69 Å². The van der Waals surface area contributed by atoms with Crippen molar-refractivity contribution in [3.63, 3.8) is 0 Å². The number of carbonyl (C=O) groups excluding carboxylic acids is 2. The number of hydrogen-bond donors (Lipinski definition) is 0. The van der Waals surface area contributed by atoms with Crippen molar-refractivity contribution in [1.29, 1.82) is 0 Å². The number of nitrogens with zero attached hydrogens (tertiary/aromatic N) is 3. The highest BCUT2D eigenvalue weighted by Gasteiger charge is 2.36. The van der Waals surface area contributed by atoms with E-state index in [1.165, 1.54) is 23.1 Å². The Hall–Kier alpha value is -3.20. The van der Waals surface area contributed by atoms with Gasteiger partial charge in [-0.1, -0.05) is 29.3 Å². The maximum Gasteiger partial charge on any atom is 0.269 e. The van der Waals surface area contributed by atoms with E-state index < -0.39 is 4.92 Å². The van der Waals surface area contributed by atoms with Crippen LogP contribution in [0.3, 0.4) is 0 Å². The van der Waals surface area contributed by atoms with Crippen molar-refractivity contribution in [2.75, 3.05) is 19.6 Å². The minimum absolute atomic E-state index is 0.0138. The van der Waals surface area contributed by atoms with Gasteiger partial charge in [0.15, 0.2) is 0 Å². The molecule has 2 amide bonds. The number of nitro groups is 1. The summed E-state index contributed by atoms with van der Waals surface area (Å²) in [6, 6.07) is 13.0. The van der Waals surface area contributed by atoms with Gasteiger partial charge in [0.2, 0.25) is 11.8 Å². The molecule has 10 heteroatoms. The first-order chi connectivity index (χ1) is 18.3. The van der Waals surface area contributed by atoms with Crippen LogP contribution in [0.5, 0.6) is 0 Å². The summed E-state index contributed by atoms with van der Waals surface area (Å²) in [7, 11) is 0. The lowest BCUT2D eigenvalue weighted by Crippen LogP contribution is -2.47. The third-order valence-electron chi connectivity index (χ3n) is 6.88. The van der Waals surface area contributed by atoms with E-state index in [9.17, 15) is 19.7 Å². The Morgan fingerprint density at radius 3 is 2.55 bits per heavy atom. The molecule has 1 aromatic heterocycles. The molecule has 1 aliphatic carbocycles. The van der Waals surface area contributed by atoms with Crippen LogP contribution in [0.2, 0.25) is 10.0 Å². The standard InChI is InChI=1S/C28H25Cl2N3O4S/c29-20-6-9-22(24(30)15-20)28-23-12-14-38-25(23)11-13-32(28)27(35)17-31(16-19-1-2-19)26(34)10-5-18-3-7-21(8-4-18)33(36)37/h3-10,12,14-15,19,28H,1-2,11,13,16-17H2. The normalized spacial score (nSPS) is 16.9. The second kappa shape index (κ2) is 11.3. The Balaban J connectivity index is 1.36. The van der Waals surface area contributed by atoms with Gasteiger partial charge in [-0.3, -0.25) is 19.7 Å². The zero-order chi connectivity index (χ0) is 26.8. The van der Waals surface area contributed by atoms with E-state index in [0.29, 0.717) is 34.6 Å². The van der Waals surface area contributed by atoms with E-state index >= 15 is 0 Å². The van der Waals surface area contributed by atoms with Gasteiger partial charge in [-0.2, -0.15) is 0 Å². The molecule has 2 heterocycles. The fourth-order valence-electron chi connectivity index (χ4n) is 4.72. The van der Waals surface area contributed by atoms with Crippen molar-refractivity contribution in [3.05, 3.63) is 102 Å². The first-order valence-electron chi connectivity index (χ1n) is 12.3. The number of nitro benzene ring substituents is 1. The second-order valence-electron chi connectivity index (χ2n) is 9.55. The van der Waals surface area contributed by atoms with E-state index in [4.69, 9.17) is 23.2 Å². The number of non-ortho nitro benzene ring substituents is 1. The van der Waals surface area contributed by atoms with Gasteiger partial charge in [-0.25, -0.2) is 0 Å². The molecule has 1 aliphatic heterocycles. The van der Waals surface area contributed by atoms with Gasteiger partial charge in [0, 0.05) is 46.2 Å². The van der Waals surface area contributed by atoms with E-state index in [2.05, 4.69) is 0 Å². The first kappa shape index (κ1) is 26.4. The highest BCUT2D eigenvalue weighted by molar-refractivity contribution is 7.10. The Kier molecular flexibility index (Phi) is 7.83. The van der Waals surface area contributed by atoms with Crippen LogP contribution < -0.4 is 0 Å². The zero-order valence-electron chi connectivity index (χ0n) is 20.4. The number of fused-ring (bicyclic) bond motifs is 1. The average molecular weight is 570 g/mol. The van der Waals surface area contributed by atoms with Crippen LogP contribution in [0.25, 0.3) is 6.08 Å². The number of halogens is 2. The molecular formula is C28H25Cl2N3O4S. The summed E-state index contributed by atoms with van der Waals surface area (Å²) < 4.78 is 0. The number of amides is 2. The molecule has 0 bridgehead atoms. The van der Waals surface area contributed by atoms with Crippen LogP contribution in [0.4, 0.5) is 5.69 Å². The summed E-state index contributed by atoms with van der Waals surface area (Å²) in [5.74, 6) is -0.0145. The lowest BCUT2D eigenvalue weighted by Gasteiger charge is -2.38. The molecule has 1 saturated carbocycles. The van der Waals surface area contributed by atoms with Crippen LogP contribution in [0.15, 0.2) is 60.0 Å². The lowest BCUT2D eigenvalue weighted by atomic mass is 9.93. The molecule has 2 aromatic carbocycles. The third-order valence-corrected chi connectivity index (χ3v) is 8.44. The summed E-state index contributed by atoms with van der Waals surface area (Å²) >= 11 is 14.4. The molecule has 196 valence electrons. The van der Waals surface area contributed by atoms with E-state index in [-0.39, 0.29) is 30.1 Å². The maximum atomic E-state index is 13.8. The Morgan fingerprint density at radius 2 is 1.87 bits per heavy atom. The summed E-state index contributed by atoms with van der Waals surface area (Å²) in [6.07, 6.45) is 5.87. The monoisotopic (exact) mass is 569 g/mol. The molecule has 38 heavy (non-hydrogen) atoms. The van der Waals surface area contributed by atoms with Crippen LogP contribution in [0, 0.1) is 16.0 Å². The van der Waals surface area contributed by atoms with Crippen LogP contribution in [0.1, 0.15) is 40.5 Å². The molecule has 0 N–H and O–H groups in total. The van der Waals surface area contributed by atoms with Gasteiger partial charge in [0.1, 0.15) is 6.54 Å². The number of benzene rings is 2. The number of rotatable bonds is 8. The summed E-state index contributed by atoms with van der Waals surface area (Å²) in [5.41, 5.74) is 2.51. The first-order valence-corrected chi connectivity index (χ1v) is 14.0. The van der Waals surface area contributed by atoms with Gasteiger partial charge in [-0.05, 0) is 83.7 Å². The van der Waals surface area contributed by atoms with Gasteiger partial charge in [-0.15, -0.1) is 11.3 Å². The SMILES string of the molecule is O=C(C=Cc1ccc([N+](=O)[O-])cc1)N(CC(=O)N1CCc2sccc2C1c1ccc(Cl)cc1Cl)CC1CC1. The van der Waals surface area contributed by atoms with Crippen LogP contribution >= 0.6 is 34.5 Å². The maximum absolute atomic E-state index is 13.8. The van der Waals surface area contributed by atoms with Crippen molar-refractivity contribution < 1.29 is 14.5 Å². The number of hydrogen-bond acceptors (Lipinski definition) is 5. The molecule has 0 spiro atoms. The fourth-order valence-corrected chi connectivity index (χ4v) is 6.14. The highest BCUT2D eigenvalue weighted by atomic mass is 35.5. The molecule has 1 atom stereocenters. The van der Waals surface area contributed by atoms with Gasteiger partial charge >= 0.3 is 0 Å². The third kappa shape index (κ3) is 5.93. The van der Waals surface area contributed by atoms with Crippen molar-refractivity contribution in [2.24, 2.45) is 5.92 Å². The molecule has 1 fully saturated rings. The smallest absolute Gasteiger partial charge is 0.269 e. The minimum Gasteiger partial charge on any atom is -0.330 e. The predicted octanol–water partition coefficient (Wildman–Crippen LogP) is 6.39. The Morgan fingerprint density at radius 1 is 1.11 bits per heavy atom. The van der Waals surface area contributed by atoms with Crippen molar-refractivity contribution in [2.45, 2.75) is 25.3 Å². The molecule has 0 saturated heterocycles. The molecule has 5 rings (SSSR count). The summed E-state index contributed by atoms with van der Waals surface area (Å²) in [5, 5.41) is 13.9. The molecule has 7 nitrogen and oxygen atoms in total. The van der Waals surface area contributed by atoms with Crippen molar-refractivity contribution in [1.82, 2.24) is 9.80 Å². The average Bonchev–Trinajstić information content (AvgIpc) is 3.59. The zero-order valence-corrected chi connectivity index (χ0v) is 22.7. The largest absolute Gasteiger partial charge is 0.330 e. The Bertz CT molecular complexity index is 1400. The van der Waals surface area contributed by atoms with Crippen molar-refractivity contribution >= 4 is 58.1 Å². The van der Waals surface area contributed by atoms with Gasteiger partial charge in [0.05, 0.1) is 11.0 Å². The van der Waals surface area contributed by atoms with Crippen LogP contribution in [-0.4, -0.2) is 46.2 Å². The highest BCUT2D eigenvalue weighted by Crippen LogP contribution is 2.41. The minimum atomic E-state index is -0.467. The molecule has 3 aromatic rings. The van der Waals surface area contributed by atoms with E-state index in [1.807, 2.05) is 22.4 Å². The second-order valence-corrected chi connectivity index (χ2v) is 11.4. The van der Waals surface area contributed by atoms with Crippen molar-refractivity contribution in [3.8, 4) is 0 Å². The molecular weight excluding hydrogens is 545 g/mol. The Labute approximate surface area is 234 Å². The quantitative estimate of drug-likeness (QED) is 0.179. The molecule has 1 unspecified atom stereocenters. The van der Waals surface area contributed by atoms with E-state index in [0.717, 1.165) is 30.4 Å². The topological polar surface area (TPSA) is 83.8 Å². The lowest BCUT2D eigenvalue weighted by molar-refractivity contribution is -0.384. The summed E-state index contributed by atoms with van der Waals surface area (Å²) in [4.78, 5) is 42.0. The van der Waals surface area contributed by atoms with Gasteiger partial charge < -0.3 is 9.80 Å². The predicted molar refractivity (Wildman–Crippen MR) is 149 cm³/mol. The van der Waals surface area contributed by atoms with Crippen LogP contribution in [-0.2, 0) is 16.0 Å². The summed E-state index contributed by atoms with van der Waals surface area (Å²) in [6.45, 7) is 1.00. The number of carbonyl (C=O) groups is 2. The number of thiophene rings is 1. The molecule has 2 aliphatic rings. The van der Waals surface area contributed by atoms with E-state index in [1.54, 1.807) is 46.6 Å². The fraction of sp³-hybridized carbons (Fsp3) is 0.286. The molecule has 0 radical (unpaired) electrons.